The minimum Gasteiger partial charge on any atom is -0.404 e. The van der Waals surface area contributed by atoms with Crippen molar-refractivity contribution in [1.29, 1.82) is 0 Å². The van der Waals surface area contributed by atoms with Gasteiger partial charge >= 0.3 is 7.12 Å². The third-order valence-electron chi connectivity index (χ3n) is 6.62. The summed E-state index contributed by atoms with van der Waals surface area (Å²) in [4.78, 5) is 0. The lowest BCUT2D eigenvalue weighted by atomic mass is 9.43. The number of hydrogen-bond acceptors (Lipinski definition) is 3. The van der Waals surface area contributed by atoms with Crippen LogP contribution in [0.1, 0.15) is 52.9 Å². The molecule has 0 radical (unpaired) electrons. The molecule has 4 saturated carbocycles. The Hall–Kier alpha value is -0.0551. The molecule has 0 spiro atoms. The molecule has 1 heterocycles. The van der Waals surface area contributed by atoms with Crippen LogP contribution < -0.4 is 5.73 Å². The third-order valence-corrected chi connectivity index (χ3v) is 6.62. The van der Waals surface area contributed by atoms with E-state index in [2.05, 4.69) is 20.8 Å². The first-order valence-corrected chi connectivity index (χ1v) is 8.00. The van der Waals surface area contributed by atoms with Gasteiger partial charge in [-0.05, 0) is 49.4 Å². The second-order valence-electron chi connectivity index (χ2n) is 8.18. The van der Waals surface area contributed by atoms with Crippen LogP contribution in [0.4, 0.5) is 0 Å². The predicted molar refractivity (Wildman–Crippen MR) is 75.4 cm³/mol. The van der Waals surface area contributed by atoms with Gasteiger partial charge in [0.05, 0.1) is 11.7 Å². The number of rotatable bonds is 3. The van der Waals surface area contributed by atoms with Gasteiger partial charge in [-0.3, -0.25) is 0 Å². The van der Waals surface area contributed by atoms with Gasteiger partial charge in [0.2, 0.25) is 0 Å². The second kappa shape index (κ2) is 3.77. The molecule has 0 amide bonds. The van der Waals surface area contributed by atoms with E-state index in [1.54, 1.807) is 0 Å². The fourth-order valence-electron chi connectivity index (χ4n) is 4.93. The molecule has 4 heteroatoms. The van der Waals surface area contributed by atoms with Crippen LogP contribution in [0, 0.1) is 23.2 Å². The van der Waals surface area contributed by atoms with Gasteiger partial charge in [0, 0.05) is 5.94 Å². The van der Waals surface area contributed by atoms with Gasteiger partial charge in [0.1, 0.15) is 0 Å². The average molecular weight is 263 g/mol. The summed E-state index contributed by atoms with van der Waals surface area (Å²) in [6.07, 6.45) is 6.52. The standard InChI is InChI=1S/C15H26BNO2/c1-14(2)10-7-11(14)15(3)12(8-10)18-16(19-15)13(17)6-9-4-5-9/h9-13H,4-8,17H2,1-3H3/t10?,11-,12+,13-,15-/m0/s1. The molecule has 2 N–H and O–H groups in total. The Bertz CT molecular complexity index is 398. The molecule has 1 saturated heterocycles. The van der Waals surface area contributed by atoms with Crippen molar-refractivity contribution in [3.63, 3.8) is 0 Å². The van der Waals surface area contributed by atoms with Gasteiger partial charge in [-0.15, -0.1) is 0 Å². The van der Waals surface area contributed by atoms with Crippen molar-refractivity contribution in [3.05, 3.63) is 0 Å². The van der Waals surface area contributed by atoms with Gasteiger partial charge in [-0.25, -0.2) is 0 Å². The number of nitrogens with two attached hydrogens (primary N) is 1. The first kappa shape index (κ1) is 12.7. The molecule has 5 aliphatic rings. The van der Waals surface area contributed by atoms with Crippen LogP contribution in [-0.4, -0.2) is 24.8 Å². The van der Waals surface area contributed by atoms with Crippen molar-refractivity contribution in [2.75, 3.05) is 0 Å². The highest BCUT2D eigenvalue weighted by molar-refractivity contribution is 6.47. The zero-order valence-corrected chi connectivity index (χ0v) is 12.4. The monoisotopic (exact) mass is 263 g/mol. The Morgan fingerprint density at radius 1 is 1.26 bits per heavy atom. The van der Waals surface area contributed by atoms with Gasteiger partial charge in [-0.1, -0.05) is 26.7 Å². The molecule has 5 rings (SSSR count). The predicted octanol–water partition coefficient (Wildman–Crippen LogP) is 2.38. The van der Waals surface area contributed by atoms with Crippen molar-refractivity contribution in [3.8, 4) is 0 Å². The largest absolute Gasteiger partial charge is 0.475 e. The molecule has 3 nitrogen and oxygen atoms in total. The summed E-state index contributed by atoms with van der Waals surface area (Å²) in [5.74, 6) is 2.36. The molecule has 0 aromatic carbocycles. The van der Waals surface area contributed by atoms with Crippen molar-refractivity contribution in [2.24, 2.45) is 28.9 Å². The summed E-state index contributed by atoms with van der Waals surface area (Å²) in [6.45, 7) is 7.06. The SMILES string of the molecule is CC1(C)C2C[C@H]3OB([C@@H](N)CC4CC4)O[C@@]3(C)[C@H]1C2. The first-order valence-electron chi connectivity index (χ1n) is 8.00. The molecule has 5 atom stereocenters. The van der Waals surface area contributed by atoms with E-state index in [0.29, 0.717) is 11.3 Å². The maximum Gasteiger partial charge on any atom is 0.475 e. The van der Waals surface area contributed by atoms with Crippen molar-refractivity contribution < 1.29 is 9.31 Å². The lowest BCUT2D eigenvalue weighted by Gasteiger charge is -2.64. The molecule has 2 bridgehead atoms. The van der Waals surface area contributed by atoms with E-state index in [1.807, 2.05) is 0 Å². The minimum absolute atomic E-state index is 0.0650. The quantitative estimate of drug-likeness (QED) is 0.795. The van der Waals surface area contributed by atoms with Crippen molar-refractivity contribution in [1.82, 2.24) is 0 Å². The lowest BCUT2D eigenvalue weighted by molar-refractivity contribution is -0.199. The summed E-state index contributed by atoms with van der Waals surface area (Å²) >= 11 is 0. The van der Waals surface area contributed by atoms with E-state index in [-0.39, 0.29) is 24.8 Å². The van der Waals surface area contributed by atoms with Gasteiger partial charge in [0.15, 0.2) is 0 Å². The Kier molecular flexibility index (Phi) is 2.52. The van der Waals surface area contributed by atoms with Crippen LogP contribution in [0.5, 0.6) is 0 Å². The van der Waals surface area contributed by atoms with E-state index >= 15 is 0 Å². The molecule has 1 aliphatic heterocycles. The molecule has 4 aliphatic carbocycles. The highest BCUT2D eigenvalue weighted by atomic mass is 16.7. The Morgan fingerprint density at radius 2 is 2.00 bits per heavy atom. The average Bonchev–Trinajstić information content (AvgIpc) is 3.06. The van der Waals surface area contributed by atoms with E-state index < -0.39 is 0 Å². The fraction of sp³-hybridized carbons (Fsp3) is 1.00. The fourth-order valence-corrected chi connectivity index (χ4v) is 4.93. The van der Waals surface area contributed by atoms with Crippen molar-refractivity contribution >= 4 is 7.12 Å². The van der Waals surface area contributed by atoms with E-state index in [9.17, 15) is 0 Å². The molecule has 5 fully saturated rings. The van der Waals surface area contributed by atoms with Crippen LogP contribution in [0.15, 0.2) is 0 Å². The summed E-state index contributed by atoms with van der Waals surface area (Å²) in [6, 6.07) is 0. The second-order valence-corrected chi connectivity index (χ2v) is 8.18. The molecular formula is C15H26BNO2. The van der Waals surface area contributed by atoms with Crippen LogP contribution in [-0.2, 0) is 9.31 Å². The summed E-state index contributed by atoms with van der Waals surface area (Å²) in [7, 11) is -0.161. The summed E-state index contributed by atoms with van der Waals surface area (Å²) < 4.78 is 12.6. The van der Waals surface area contributed by atoms with Crippen LogP contribution >= 0.6 is 0 Å². The smallest absolute Gasteiger partial charge is 0.404 e. The topological polar surface area (TPSA) is 44.5 Å². The van der Waals surface area contributed by atoms with Crippen molar-refractivity contribution in [2.45, 2.75) is 70.5 Å². The Balaban J connectivity index is 1.50. The highest BCUT2D eigenvalue weighted by Crippen LogP contribution is 2.65. The van der Waals surface area contributed by atoms with E-state index in [1.165, 1.54) is 19.3 Å². The van der Waals surface area contributed by atoms with Crippen LogP contribution in [0.2, 0.25) is 0 Å². The van der Waals surface area contributed by atoms with E-state index in [0.717, 1.165) is 24.7 Å². The molecule has 0 aromatic rings. The zero-order valence-electron chi connectivity index (χ0n) is 12.4. The van der Waals surface area contributed by atoms with E-state index in [4.69, 9.17) is 15.0 Å². The maximum absolute atomic E-state index is 6.38. The first-order chi connectivity index (χ1) is 8.91. The molecule has 106 valence electrons. The van der Waals surface area contributed by atoms with Gasteiger partial charge in [0.25, 0.3) is 0 Å². The van der Waals surface area contributed by atoms with Gasteiger partial charge < -0.3 is 15.0 Å². The highest BCUT2D eigenvalue weighted by Gasteiger charge is 2.68. The zero-order chi connectivity index (χ0) is 13.4. The minimum atomic E-state index is -0.161. The number of hydrogen-bond donors (Lipinski definition) is 1. The summed E-state index contributed by atoms with van der Waals surface area (Å²) in [5.41, 5.74) is 6.64. The molecule has 0 aromatic heterocycles. The van der Waals surface area contributed by atoms with Crippen LogP contribution in [0.25, 0.3) is 0 Å². The summed E-state index contributed by atoms with van der Waals surface area (Å²) in [5, 5.41) is 0. The third kappa shape index (κ3) is 1.69. The lowest BCUT2D eigenvalue weighted by Crippen LogP contribution is -2.65. The Morgan fingerprint density at radius 3 is 2.63 bits per heavy atom. The molecule has 1 unspecified atom stereocenters. The Labute approximate surface area is 116 Å². The maximum atomic E-state index is 6.38. The molecular weight excluding hydrogens is 237 g/mol. The normalized spacial score (nSPS) is 48.6. The molecule has 19 heavy (non-hydrogen) atoms. The van der Waals surface area contributed by atoms with Crippen LogP contribution in [0.3, 0.4) is 0 Å². The van der Waals surface area contributed by atoms with Gasteiger partial charge in [-0.2, -0.15) is 0 Å².